The monoisotopic (exact) mass is 514 g/mol. The lowest BCUT2D eigenvalue weighted by Crippen LogP contribution is -2.44. The van der Waals surface area contributed by atoms with Crippen LogP contribution in [-0.2, 0) is 30.2 Å². The number of aryl methyl sites for hydroxylation is 3. The lowest BCUT2D eigenvalue weighted by molar-refractivity contribution is -0.138. The summed E-state index contributed by atoms with van der Waals surface area (Å²) in [4.78, 5) is 6.26. The quantitative estimate of drug-likeness (QED) is 0.293. The molecule has 37 heavy (non-hydrogen) atoms. The highest BCUT2D eigenvalue weighted by atomic mass is 19.4. The molecule has 1 unspecified atom stereocenters. The van der Waals surface area contributed by atoms with Crippen LogP contribution in [0.5, 0.6) is 0 Å². The average molecular weight is 515 g/mol. The van der Waals surface area contributed by atoms with Crippen molar-refractivity contribution in [3.05, 3.63) is 76.4 Å². The minimum Gasteiger partial charge on any atom is -0.483 e. The van der Waals surface area contributed by atoms with Gasteiger partial charge in [0.2, 0.25) is 5.90 Å². The van der Waals surface area contributed by atoms with Gasteiger partial charge in [0.05, 0.1) is 18.4 Å². The number of benzene rings is 2. The van der Waals surface area contributed by atoms with E-state index < -0.39 is 11.7 Å². The highest BCUT2D eigenvalue weighted by Crippen LogP contribution is 2.35. The Morgan fingerprint density at radius 3 is 2.38 bits per heavy atom. The highest BCUT2D eigenvalue weighted by molar-refractivity contribution is 5.91. The Kier molecular flexibility index (Phi) is 9.78. The van der Waals surface area contributed by atoms with Gasteiger partial charge in [0.25, 0.3) is 0 Å². The minimum absolute atomic E-state index is 0.0754. The molecule has 2 aromatic rings. The normalized spacial score (nSPS) is 16.8. The molecule has 0 bridgehead atoms. The predicted octanol–water partition coefficient (Wildman–Crippen LogP) is 6.60. The second-order valence-corrected chi connectivity index (χ2v) is 9.35. The Hall–Kier alpha value is -3.29. The van der Waals surface area contributed by atoms with E-state index in [0.717, 1.165) is 31.2 Å². The average Bonchev–Trinajstić information content (AvgIpc) is 3.37. The number of nitrogens with two attached hydrogens (primary N) is 1. The molecule has 2 aromatic carbocycles. The van der Waals surface area contributed by atoms with E-state index in [1.807, 2.05) is 12.1 Å². The molecule has 1 fully saturated rings. The number of nitrogens with zero attached hydrogens (tertiary/aromatic N) is 2. The third-order valence-electron chi connectivity index (χ3n) is 6.80. The second kappa shape index (κ2) is 12.8. The smallest absolute Gasteiger partial charge is 0.416 e. The lowest BCUT2D eigenvalue weighted by Gasteiger charge is -2.25. The first-order valence-corrected chi connectivity index (χ1v) is 12.9. The Morgan fingerprint density at radius 1 is 1.14 bits per heavy atom. The highest BCUT2D eigenvalue weighted by Gasteiger charge is 2.34. The lowest BCUT2D eigenvalue weighted by atomic mass is 9.96. The van der Waals surface area contributed by atoms with Crippen molar-refractivity contribution in [3.8, 4) is 0 Å². The number of likely N-dealkylation sites (tertiary alicyclic amines) is 1. The summed E-state index contributed by atoms with van der Waals surface area (Å²) in [5.41, 5.74) is 8.33. The number of guanidine groups is 1. The maximum absolute atomic E-state index is 14.1. The molecule has 0 aromatic heterocycles. The topological polar surface area (TPSA) is 74.7 Å². The van der Waals surface area contributed by atoms with Crippen molar-refractivity contribution in [1.82, 2.24) is 4.90 Å². The molecule has 0 amide bonds. The number of rotatable bonds is 9. The van der Waals surface area contributed by atoms with Crippen molar-refractivity contribution >= 4 is 17.6 Å². The maximum atomic E-state index is 14.1. The minimum atomic E-state index is -4.49. The van der Waals surface area contributed by atoms with Crippen molar-refractivity contribution in [1.29, 1.82) is 5.41 Å². The maximum Gasteiger partial charge on any atom is 0.416 e. The third kappa shape index (κ3) is 7.37. The van der Waals surface area contributed by atoms with Crippen LogP contribution in [-0.4, -0.2) is 36.5 Å². The second-order valence-electron chi connectivity index (χ2n) is 9.35. The van der Waals surface area contributed by atoms with Crippen molar-refractivity contribution in [2.75, 3.05) is 13.7 Å². The summed E-state index contributed by atoms with van der Waals surface area (Å²) in [5, 5.41) is 7.79. The van der Waals surface area contributed by atoms with Crippen molar-refractivity contribution < 1.29 is 17.9 Å². The fraction of sp³-hybridized carbons (Fsp3) is 0.448. The Balaban J connectivity index is 1.84. The Labute approximate surface area is 217 Å². The van der Waals surface area contributed by atoms with Gasteiger partial charge in [-0.15, -0.1) is 0 Å². The van der Waals surface area contributed by atoms with Crippen LogP contribution in [0.25, 0.3) is 5.70 Å². The fourth-order valence-electron chi connectivity index (χ4n) is 4.73. The van der Waals surface area contributed by atoms with E-state index in [2.05, 4.69) is 24.0 Å². The number of unbranched alkanes of at least 4 members (excludes halogenated alkanes) is 1. The van der Waals surface area contributed by atoms with E-state index in [0.29, 0.717) is 36.5 Å². The van der Waals surface area contributed by atoms with Gasteiger partial charge in [0.15, 0.2) is 5.96 Å². The summed E-state index contributed by atoms with van der Waals surface area (Å²) in [6.07, 6.45) is 2.80. The van der Waals surface area contributed by atoms with Crippen LogP contribution >= 0.6 is 0 Å². The van der Waals surface area contributed by atoms with Gasteiger partial charge < -0.3 is 15.4 Å². The van der Waals surface area contributed by atoms with Crippen LogP contribution in [0.2, 0.25) is 0 Å². The molecule has 0 radical (unpaired) electrons. The van der Waals surface area contributed by atoms with Crippen molar-refractivity contribution in [2.24, 2.45) is 10.7 Å². The van der Waals surface area contributed by atoms with Gasteiger partial charge in [-0.25, -0.2) is 4.99 Å². The molecule has 0 spiro atoms. The van der Waals surface area contributed by atoms with Crippen molar-refractivity contribution in [3.63, 3.8) is 0 Å². The molecule has 5 nitrogen and oxygen atoms in total. The molecular weight excluding hydrogens is 477 g/mol. The molecular formula is C29H37F3N4O. The van der Waals surface area contributed by atoms with E-state index in [4.69, 9.17) is 15.9 Å². The zero-order valence-corrected chi connectivity index (χ0v) is 21.9. The summed E-state index contributed by atoms with van der Waals surface area (Å²) >= 11 is 0. The number of alkyl halides is 3. The van der Waals surface area contributed by atoms with E-state index in [1.54, 1.807) is 30.0 Å². The molecule has 200 valence electrons. The third-order valence-corrected chi connectivity index (χ3v) is 6.80. The summed E-state index contributed by atoms with van der Waals surface area (Å²) < 4.78 is 47.7. The van der Waals surface area contributed by atoms with Crippen LogP contribution in [0, 0.1) is 5.41 Å². The zero-order chi connectivity index (χ0) is 27.0. The number of allylic oxidation sites excluding steroid dienone is 1. The molecule has 1 atom stereocenters. The summed E-state index contributed by atoms with van der Waals surface area (Å²) in [7, 11) is 1.48. The van der Waals surface area contributed by atoms with E-state index in [9.17, 15) is 13.2 Å². The summed E-state index contributed by atoms with van der Waals surface area (Å²) in [6.45, 7) is 4.49. The van der Waals surface area contributed by atoms with Crippen LogP contribution in [0.3, 0.4) is 0 Å². The fourth-order valence-corrected chi connectivity index (χ4v) is 4.73. The van der Waals surface area contributed by atoms with Gasteiger partial charge >= 0.3 is 6.18 Å². The van der Waals surface area contributed by atoms with Gasteiger partial charge in [-0.3, -0.25) is 5.41 Å². The number of hydrogen-bond acceptors (Lipinski definition) is 3. The number of hydrogen-bond donors (Lipinski definition) is 2. The molecule has 0 saturated carbocycles. The zero-order valence-electron chi connectivity index (χ0n) is 21.9. The summed E-state index contributed by atoms with van der Waals surface area (Å²) in [5.74, 6) is 0.259. The molecule has 1 saturated heterocycles. The van der Waals surface area contributed by atoms with Crippen LogP contribution in [0.1, 0.15) is 67.3 Å². The molecule has 1 aliphatic heterocycles. The number of methoxy groups -OCH3 is 1. The standard InChI is InChI=1S/C29H37F3N4O/c1-4-6-8-20-10-12-21(13-11-20)14-15-22-16-17-23(19-24(22)29(30,31)32)25(5-2)35-27(37-3)26-9-7-18-36(26)28(33)34/h5,10-13,16-17,19,26H,4,6-9,14-15,18H2,1-3H3,(H3,33,34)/b25-5-,35-27?. The Bertz CT molecular complexity index is 1120. The Morgan fingerprint density at radius 2 is 1.81 bits per heavy atom. The molecule has 3 rings (SSSR count). The first-order valence-electron chi connectivity index (χ1n) is 12.9. The van der Waals surface area contributed by atoms with Gasteiger partial charge in [0, 0.05) is 12.1 Å². The van der Waals surface area contributed by atoms with Crippen LogP contribution in [0.15, 0.2) is 53.5 Å². The van der Waals surface area contributed by atoms with Crippen molar-refractivity contribution in [2.45, 2.75) is 71.0 Å². The SMILES string of the molecule is C/C=C(\N=C(OC)C1CCCN1C(=N)N)c1ccc(CCc2ccc(CCCC)cc2)c(C(F)(F)F)c1. The van der Waals surface area contributed by atoms with Gasteiger partial charge in [-0.2, -0.15) is 13.2 Å². The van der Waals surface area contributed by atoms with Gasteiger partial charge in [-0.1, -0.05) is 55.8 Å². The number of nitrogens with one attached hydrogen (secondary N) is 1. The van der Waals surface area contributed by atoms with Crippen LogP contribution in [0.4, 0.5) is 13.2 Å². The van der Waals surface area contributed by atoms with E-state index in [-0.39, 0.29) is 24.0 Å². The molecule has 1 heterocycles. The van der Waals surface area contributed by atoms with Crippen LogP contribution < -0.4 is 5.73 Å². The first-order chi connectivity index (χ1) is 17.7. The van der Waals surface area contributed by atoms with Gasteiger partial charge in [-0.05, 0) is 68.2 Å². The van der Waals surface area contributed by atoms with E-state index >= 15 is 0 Å². The largest absolute Gasteiger partial charge is 0.483 e. The number of aliphatic imine (C=N–C) groups is 1. The van der Waals surface area contributed by atoms with Gasteiger partial charge in [0.1, 0.15) is 6.04 Å². The first kappa shape index (κ1) is 28.3. The molecule has 8 heteroatoms. The molecule has 0 aliphatic carbocycles. The molecule has 1 aliphatic rings. The van der Waals surface area contributed by atoms with E-state index in [1.165, 1.54) is 18.7 Å². The molecule has 3 N–H and O–H groups in total. The summed E-state index contributed by atoms with van der Waals surface area (Å²) in [6, 6.07) is 12.3. The number of halogens is 3. The predicted molar refractivity (Wildman–Crippen MR) is 144 cm³/mol. The number of ether oxygens (including phenoxy) is 1.